The molecule has 2 heteroatoms. The molecule has 0 aliphatic carbocycles. The molecule has 1 aromatic carbocycles. The zero-order chi connectivity index (χ0) is 15.5. The fourth-order valence-corrected chi connectivity index (χ4v) is 3.02. The van der Waals surface area contributed by atoms with Crippen molar-refractivity contribution in [1.29, 1.82) is 0 Å². The zero-order valence-corrected chi connectivity index (χ0v) is 15.2. The summed E-state index contributed by atoms with van der Waals surface area (Å²) in [4.78, 5) is 11.2. The van der Waals surface area contributed by atoms with Gasteiger partial charge in [-0.1, -0.05) is 81.4 Å². The third-order valence-corrected chi connectivity index (χ3v) is 4.16. The first kappa shape index (κ1) is 19.4. The van der Waals surface area contributed by atoms with Crippen LogP contribution in [0.4, 0.5) is 0 Å². The number of hydrogen-bond acceptors (Lipinski definition) is 1. The van der Waals surface area contributed by atoms with Crippen molar-refractivity contribution in [2.45, 2.75) is 66.7 Å². The standard InChI is InChI=1S/C10H11BrO.C8H18/c1-3-8-9(7(2)12)5-4-6-10(8)11;1-4-6-8(3)7-5-2/h4-6H,3H2,1-2H3;8H,4-7H2,1-3H3. The Morgan fingerprint density at radius 1 is 1.15 bits per heavy atom. The summed E-state index contributed by atoms with van der Waals surface area (Å²) in [6.07, 6.45) is 6.40. The summed E-state index contributed by atoms with van der Waals surface area (Å²) in [5.74, 6) is 1.10. The van der Waals surface area contributed by atoms with E-state index in [-0.39, 0.29) is 5.78 Å². The Bertz CT molecular complexity index is 392. The van der Waals surface area contributed by atoms with Gasteiger partial charge >= 0.3 is 0 Å². The first-order valence-electron chi connectivity index (χ1n) is 7.76. The molecular formula is C18H29BrO. The van der Waals surface area contributed by atoms with Gasteiger partial charge in [-0.25, -0.2) is 0 Å². The highest BCUT2D eigenvalue weighted by molar-refractivity contribution is 9.10. The quantitative estimate of drug-likeness (QED) is 0.544. The van der Waals surface area contributed by atoms with Crippen molar-refractivity contribution in [2.75, 3.05) is 0 Å². The van der Waals surface area contributed by atoms with Gasteiger partial charge in [0, 0.05) is 10.0 Å². The highest BCUT2D eigenvalue weighted by Gasteiger charge is 2.07. The SMILES string of the molecule is CCCC(C)CCC.CCc1c(Br)cccc1C(C)=O. The average molecular weight is 341 g/mol. The van der Waals surface area contributed by atoms with Gasteiger partial charge in [-0.05, 0) is 30.9 Å². The maximum absolute atomic E-state index is 11.2. The van der Waals surface area contributed by atoms with Crippen molar-refractivity contribution in [3.8, 4) is 0 Å². The number of Topliss-reactive ketones (excluding diaryl/α,β-unsaturated/α-hetero) is 1. The largest absolute Gasteiger partial charge is 0.295 e. The third kappa shape index (κ3) is 7.23. The van der Waals surface area contributed by atoms with Crippen LogP contribution in [0.1, 0.15) is 76.2 Å². The van der Waals surface area contributed by atoms with Gasteiger partial charge in [0.15, 0.2) is 5.78 Å². The summed E-state index contributed by atoms with van der Waals surface area (Å²) in [6, 6.07) is 5.72. The van der Waals surface area contributed by atoms with Crippen LogP contribution in [0.25, 0.3) is 0 Å². The van der Waals surface area contributed by atoms with Gasteiger partial charge in [-0.2, -0.15) is 0 Å². The van der Waals surface area contributed by atoms with Gasteiger partial charge < -0.3 is 0 Å². The molecule has 0 radical (unpaired) electrons. The Morgan fingerprint density at radius 2 is 1.70 bits per heavy atom. The fraction of sp³-hybridized carbons (Fsp3) is 0.611. The van der Waals surface area contributed by atoms with E-state index in [1.54, 1.807) is 6.92 Å². The topological polar surface area (TPSA) is 17.1 Å². The van der Waals surface area contributed by atoms with E-state index < -0.39 is 0 Å². The van der Waals surface area contributed by atoms with Gasteiger partial charge in [-0.15, -0.1) is 0 Å². The predicted octanol–water partition coefficient (Wildman–Crippen LogP) is 6.44. The third-order valence-electron chi connectivity index (χ3n) is 3.41. The highest BCUT2D eigenvalue weighted by atomic mass is 79.9. The molecule has 0 spiro atoms. The maximum atomic E-state index is 11.2. The molecule has 0 heterocycles. The summed E-state index contributed by atoms with van der Waals surface area (Å²) in [5.41, 5.74) is 1.93. The molecule has 20 heavy (non-hydrogen) atoms. The first-order valence-corrected chi connectivity index (χ1v) is 8.55. The van der Waals surface area contributed by atoms with E-state index >= 15 is 0 Å². The number of hydrogen-bond donors (Lipinski definition) is 0. The van der Waals surface area contributed by atoms with Crippen molar-refractivity contribution in [3.63, 3.8) is 0 Å². The molecule has 1 aromatic rings. The van der Waals surface area contributed by atoms with E-state index in [0.29, 0.717) is 0 Å². The Hall–Kier alpha value is -0.630. The smallest absolute Gasteiger partial charge is 0.160 e. The first-order chi connectivity index (χ1) is 9.47. The van der Waals surface area contributed by atoms with Gasteiger partial charge in [0.1, 0.15) is 0 Å². The average Bonchev–Trinajstić information content (AvgIpc) is 2.39. The van der Waals surface area contributed by atoms with Crippen molar-refractivity contribution < 1.29 is 4.79 Å². The van der Waals surface area contributed by atoms with Crippen LogP contribution < -0.4 is 0 Å². The van der Waals surface area contributed by atoms with Crippen molar-refractivity contribution >= 4 is 21.7 Å². The highest BCUT2D eigenvalue weighted by Crippen LogP contribution is 2.21. The Labute approximate surface area is 133 Å². The number of halogens is 1. The zero-order valence-electron chi connectivity index (χ0n) is 13.6. The van der Waals surface area contributed by atoms with Gasteiger partial charge in [0.25, 0.3) is 0 Å². The van der Waals surface area contributed by atoms with E-state index in [1.807, 2.05) is 25.1 Å². The van der Waals surface area contributed by atoms with Gasteiger partial charge in [-0.3, -0.25) is 4.79 Å². The molecule has 0 N–H and O–H groups in total. The Kier molecular flexibility index (Phi) is 10.7. The van der Waals surface area contributed by atoms with Crippen LogP contribution in [0.2, 0.25) is 0 Å². The fourth-order valence-electron chi connectivity index (χ4n) is 2.38. The number of benzene rings is 1. The Morgan fingerprint density at radius 3 is 2.05 bits per heavy atom. The minimum absolute atomic E-state index is 0.133. The number of carbonyl (C=O) groups is 1. The molecule has 1 nitrogen and oxygen atoms in total. The van der Waals surface area contributed by atoms with Crippen molar-refractivity contribution in [3.05, 3.63) is 33.8 Å². The molecular weight excluding hydrogens is 312 g/mol. The van der Waals surface area contributed by atoms with E-state index in [1.165, 1.54) is 25.7 Å². The molecule has 0 aliphatic rings. The lowest BCUT2D eigenvalue weighted by Crippen LogP contribution is -1.98. The molecule has 114 valence electrons. The molecule has 0 aromatic heterocycles. The summed E-state index contributed by atoms with van der Waals surface area (Å²) < 4.78 is 1.03. The van der Waals surface area contributed by atoms with Gasteiger partial charge in [0.2, 0.25) is 0 Å². The summed E-state index contributed by atoms with van der Waals surface area (Å²) in [6.45, 7) is 10.5. The maximum Gasteiger partial charge on any atom is 0.160 e. The lowest BCUT2D eigenvalue weighted by molar-refractivity contribution is 0.101. The lowest BCUT2D eigenvalue weighted by atomic mass is 10.0. The molecule has 0 fully saturated rings. The number of ketones is 1. The Balaban J connectivity index is 0.000000396. The van der Waals surface area contributed by atoms with Crippen LogP contribution in [-0.4, -0.2) is 5.78 Å². The minimum atomic E-state index is 0.133. The molecule has 1 rings (SSSR count). The molecule has 0 saturated carbocycles. The van der Waals surface area contributed by atoms with Gasteiger partial charge in [0.05, 0.1) is 0 Å². The molecule has 0 aliphatic heterocycles. The normalized spacial score (nSPS) is 10.2. The van der Waals surface area contributed by atoms with E-state index in [0.717, 1.165) is 27.9 Å². The van der Waals surface area contributed by atoms with Crippen LogP contribution in [0.5, 0.6) is 0 Å². The summed E-state index contributed by atoms with van der Waals surface area (Å²) in [7, 11) is 0. The number of carbonyl (C=O) groups excluding carboxylic acids is 1. The van der Waals surface area contributed by atoms with Crippen LogP contribution in [-0.2, 0) is 6.42 Å². The van der Waals surface area contributed by atoms with E-state index in [9.17, 15) is 4.79 Å². The van der Waals surface area contributed by atoms with Crippen molar-refractivity contribution in [2.24, 2.45) is 5.92 Å². The molecule has 0 unspecified atom stereocenters. The van der Waals surface area contributed by atoms with Crippen molar-refractivity contribution in [1.82, 2.24) is 0 Å². The van der Waals surface area contributed by atoms with Crippen LogP contribution in [0.15, 0.2) is 22.7 Å². The summed E-state index contributed by atoms with van der Waals surface area (Å²) in [5, 5.41) is 0. The molecule has 0 atom stereocenters. The summed E-state index contributed by atoms with van der Waals surface area (Å²) >= 11 is 3.42. The van der Waals surface area contributed by atoms with Crippen LogP contribution in [0.3, 0.4) is 0 Å². The second-order valence-electron chi connectivity index (χ2n) is 5.36. The van der Waals surface area contributed by atoms with E-state index in [2.05, 4.69) is 36.7 Å². The molecule has 0 saturated heterocycles. The lowest BCUT2D eigenvalue weighted by Gasteiger charge is -2.05. The monoisotopic (exact) mass is 340 g/mol. The second kappa shape index (κ2) is 11.1. The number of rotatable bonds is 6. The minimum Gasteiger partial charge on any atom is -0.295 e. The van der Waals surface area contributed by atoms with E-state index in [4.69, 9.17) is 0 Å². The molecule has 0 bridgehead atoms. The van der Waals surface area contributed by atoms with Crippen LogP contribution in [0, 0.1) is 5.92 Å². The predicted molar refractivity (Wildman–Crippen MR) is 92.5 cm³/mol. The second-order valence-corrected chi connectivity index (χ2v) is 6.21. The molecule has 0 amide bonds. The van der Waals surface area contributed by atoms with Crippen LogP contribution >= 0.6 is 15.9 Å².